The van der Waals surface area contributed by atoms with Crippen molar-refractivity contribution in [2.24, 2.45) is 0 Å². The highest BCUT2D eigenvalue weighted by atomic mass is 16.5. The second-order valence-electron chi connectivity index (χ2n) is 14.6. The topological polar surface area (TPSA) is 92.7 Å². The maximum Gasteiger partial charge on any atom is 0.322 e. The van der Waals surface area contributed by atoms with Gasteiger partial charge in [-0.3, -0.25) is 14.4 Å². The van der Waals surface area contributed by atoms with E-state index in [2.05, 4.69) is 19.2 Å². The van der Waals surface area contributed by atoms with E-state index >= 15 is 0 Å². The van der Waals surface area contributed by atoms with Crippen LogP contribution >= 0.6 is 0 Å². The Bertz CT molecular complexity index is 712. The van der Waals surface area contributed by atoms with Crippen LogP contribution in [-0.2, 0) is 19.1 Å². The minimum Gasteiger partial charge on any atom is -0.480 e. The standard InChI is InChI=1S/C42H81NO5/c1-3-5-7-9-10-11-12-13-14-15-16-17-18-19-20-21-22-23-24-25-26-27-33-37-42(47)48-39(34-30-8-6-4-2)35-31-28-29-32-36-40(44)43-38-41(45)46/h39H,3-38H2,1-2H3,(H,43,44)(H,45,46). The number of hydrogen-bond acceptors (Lipinski definition) is 4. The Morgan fingerprint density at radius 2 is 0.771 bits per heavy atom. The summed E-state index contributed by atoms with van der Waals surface area (Å²) in [5.74, 6) is -1.26. The molecule has 1 amide bonds. The summed E-state index contributed by atoms with van der Waals surface area (Å²) in [6.45, 7) is 4.19. The molecule has 0 aromatic carbocycles. The number of ether oxygens (including phenoxy) is 1. The first-order valence-electron chi connectivity index (χ1n) is 21.2. The van der Waals surface area contributed by atoms with Crippen LogP contribution < -0.4 is 5.32 Å². The van der Waals surface area contributed by atoms with Gasteiger partial charge in [0.15, 0.2) is 0 Å². The first kappa shape index (κ1) is 46.4. The van der Waals surface area contributed by atoms with Gasteiger partial charge in [0.2, 0.25) is 5.91 Å². The van der Waals surface area contributed by atoms with E-state index in [1.807, 2.05) is 0 Å². The lowest BCUT2D eigenvalue weighted by molar-refractivity contribution is -0.150. The molecule has 0 aromatic heterocycles. The Morgan fingerprint density at radius 3 is 1.15 bits per heavy atom. The number of unbranched alkanes of at least 4 members (excludes halogenated alkanes) is 28. The molecule has 0 spiro atoms. The maximum atomic E-state index is 12.6. The third-order valence-corrected chi connectivity index (χ3v) is 9.78. The molecule has 0 fully saturated rings. The van der Waals surface area contributed by atoms with Crippen molar-refractivity contribution in [3.8, 4) is 0 Å². The van der Waals surface area contributed by atoms with Gasteiger partial charge in [-0.2, -0.15) is 0 Å². The van der Waals surface area contributed by atoms with Gasteiger partial charge in [-0.15, -0.1) is 0 Å². The third-order valence-electron chi connectivity index (χ3n) is 9.78. The average Bonchev–Trinajstić information content (AvgIpc) is 3.07. The van der Waals surface area contributed by atoms with Crippen LogP contribution in [0, 0.1) is 0 Å². The van der Waals surface area contributed by atoms with Gasteiger partial charge in [0.1, 0.15) is 12.6 Å². The summed E-state index contributed by atoms with van der Waals surface area (Å²) in [5.41, 5.74) is 0. The van der Waals surface area contributed by atoms with Crippen molar-refractivity contribution < 1.29 is 24.2 Å². The fourth-order valence-electron chi connectivity index (χ4n) is 6.63. The number of carbonyl (C=O) groups is 3. The zero-order valence-corrected chi connectivity index (χ0v) is 32.1. The second kappa shape index (κ2) is 38.2. The quantitative estimate of drug-likeness (QED) is 0.0498. The monoisotopic (exact) mass is 680 g/mol. The average molecular weight is 680 g/mol. The van der Waals surface area contributed by atoms with Gasteiger partial charge < -0.3 is 15.2 Å². The minimum atomic E-state index is -1.02. The Balaban J connectivity index is 3.66. The third kappa shape index (κ3) is 37.2. The van der Waals surface area contributed by atoms with Crippen LogP contribution in [0.5, 0.6) is 0 Å². The largest absolute Gasteiger partial charge is 0.480 e. The Morgan fingerprint density at radius 1 is 0.458 bits per heavy atom. The molecule has 2 N–H and O–H groups in total. The highest BCUT2D eigenvalue weighted by Gasteiger charge is 2.14. The van der Waals surface area contributed by atoms with Gasteiger partial charge in [-0.05, 0) is 38.5 Å². The predicted octanol–water partition coefficient (Wildman–Crippen LogP) is 12.8. The second-order valence-corrected chi connectivity index (χ2v) is 14.6. The SMILES string of the molecule is CCCCCCCCCCCCCCCCCCCCCCCCCC(=O)OC(CCCCCC)CCCCCCC(=O)NCC(=O)O. The van der Waals surface area contributed by atoms with E-state index < -0.39 is 5.97 Å². The zero-order chi connectivity index (χ0) is 35.2. The molecule has 284 valence electrons. The highest BCUT2D eigenvalue weighted by Crippen LogP contribution is 2.19. The van der Waals surface area contributed by atoms with Crippen molar-refractivity contribution in [1.82, 2.24) is 5.32 Å². The van der Waals surface area contributed by atoms with Crippen LogP contribution in [-0.4, -0.2) is 35.6 Å². The van der Waals surface area contributed by atoms with E-state index in [-0.39, 0.29) is 24.5 Å². The summed E-state index contributed by atoms with van der Waals surface area (Å²) >= 11 is 0. The zero-order valence-electron chi connectivity index (χ0n) is 32.1. The lowest BCUT2D eigenvalue weighted by atomic mass is 10.0. The smallest absolute Gasteiger partial charge is 0.322 e. The summed E-state index contributed by atoms with van der Waals surface area (Å²) in [6.07, 6.45) is 42.7. The Kier molecular flexibility index (Phi) is 36.9. The first-order chi connectivity index (χ1) is 23.5. The molecule has 0 heterocycles. The molecule has 0 bridgehead atoms. The number of hydrogen-bond donors (Lipinski definition) is 2. The van der Waals surface area contributed by atoms with E-state index in [4.69, 9.17) is 9.84 Å². The lowest BCUT2D eigenvalue weighted by Gasteiger charge is -2.18. The van der Waals surface area contributed by atoms with Crippen molar-refractivity contribution in [3.05, 3.63) is 0 Å². The normalized spacial score (nSPS) is 11.9. The minimum absolute atomic E-state index is 0.0118. The van der Waals surface area contributed by atoms with Crippen LogP contribution in [0.3, 0.4) is 0 Å². The molecule has 6 nitrogen and oxygen atoms in total. The molecule has 0 aliphatic carbocycles. The number of carbonyl (C=O) groups excluding carboxylic acids is 2. The van der Waals surface area contributed by atoms with Gasteiger partial charge in [-0.1, -0.05) is 187 Å². The van der Waals surface area contributed by atoms with E-state index in [0.29, 0.717) is 12.8 Å². The molecule has 0 saturated heterocycles. The number of amides is 1. The lowest BCUT2D eigenvalue weighted by Crippen LogP contribution is -2.28. The van der Waals surface area contributed by atoms with E-state index in [0.717, 1.165) is 57.8 Å². The van der Waals surface area contributed by atoms with Gasteiger partial charge in [0, 0.05) is 12.8 Å². The summed E-state index contributed by atoms with van der Waals surface area (Å²) in [6, 6.07) is 0. The first-order valence-corrected chi connectivity index (χ1v) is 21.2. The molecule has 1 unspecified atom stereocenters. The molecule has 48 heavy (non-hydrogen) atoms. The predicted molar refractivity (Wildman–Crippen MR) is 203 cm³/mol. The van der Waals surface area contributed by atoms with Crippen LogP contribution in [0.25, 0.3) is 0 Å². The van der Waals surface area contributed by atoms with E-state index in [1.165, 1.54) is 154 Å². The molecular formula is C42H81NO5. The van der Waals surface area contributed by atoms with Crippen molar-refractivity contribution in [2.45, 2.75) is 245 Å². The summed E-state index contributed by atoms with van der Waals surface area (Å²) in [4.78, 5) is 34.7. The molecule has 0 aliphatic heterocycles. The fourth-order valence-corrected chi connectivity index (χ4v) is 6.63. The van der Waals surface area contributed by atoms with Gasteiger partial charge in [0.25, 0.3) is 0 Å². The number of carboxylic acids is 1. The number of esters is 1. The van der Waals surface area contributed by atoms with Gasteiger partial charge >= 0.3 is 11.9 Å². The van der Waals surface area contributed by atoms with Gasteiger partial charge in [-0.25, -0.2) is 0 Å². The highest BCUT2D eigenvalue weighted by molar-refractivity contribution is 5.80. The molecular weight excluding hydrogens is 598 g/mol. The van der Waals surface area contributed by atoms with Crippen molar-refractivity contribution in [2.75, 3.05) is 6.54 Å². The van der Waals surface area contributed by atoms with Crippen LogP contribution in [0.4, 0.5) is 0 Å². The van der Waals surface area contributed by atoms with E-state index in [9.17, 15) is 14.4 Å². The molecule has 0 radical (unpaired) electrons. The van der Waals surface area contributed by atoms with E-state index in [1.54, 1.807) is 0 Å². The number of aliphatic carboxylic acids is 1. The van der Waals surface area contributed by atoms with Crippen molar-refractivity contribution in [1.29, 1.82) is 0 Å². The molecule has 0 saturated carbocycles. The van der Waals surface area contributed by atoms with Crippen molar-refractivity contribution >= 4 is 17.8 Å². The van der Waals surface area contributed by atoms with Crippen LogP contribution in [0.1, 0.15) is 239 Å². The maximum absolute atomic E-state index is 12.6. The fraction of sp³-hybridized carbons (Fsp3) is 0.929. The summed E-state index contributed by atoms with van der Waals surface area (Å²) in [7, 11) is 0. The van der Waals surface area contributed by atoms with Crippen molar-refractivity contribution in [3.63, 3.8) is 0 Å². The molecule has 6 heteroatoms. The molecule has 0 aliphatic rings. The molecule has 1 atom stereocenters. The molecule has 0 rings (SSSR count). The van der Waals surface area contributed by atoms with Crippen LogP contribution in [0.2, 0.25) is 0 Å². The Hall–Kier alpha value is -1.59. The van der Waals surface area contributed by atoms with Gasteiger partial charge in [0.05, 0.1) is 0 Å². The summed E-state index contributed by atoms with van der Waals surface area (Å²) < 4.78 is 5.92. The summed E-state index contributed by atoms with van der Waals surface area (Å²) in [5, 5.41) is 11.0. The van der Waals surface area contributed by atoms with Crippen LogP contribution in [0.15, 0.2) is 0 Å². The number of rotatable bonds is 39. The number of carboxylic acid groups (broad SMARTS) is 1. The molecule has 0 aromatic rings. The number of nitrogens with one attached hydrogen (secondary N) is 1. The Labute approximate surface area is 298 Å².